The van der Waals surface area contributed by atoms with Crippen molar-refractivity contribution in [2.24, 2.45) is 0 Å². The lowest BCUT2D eigenvalue weighted by atomic mass is 9.79. The van der Waals surface area contributed by atoms with E-state index in [0.717, 1.165) is 12.1 Å². The zero-order valence-electron chi connectivity index (χ0n) is 18.8. The molecule has 3 aromatic rings. The molecule has 1 aliphatic heterocycles. The molecule has 188 valence electrons. The van der Waals surface area contributed by atoms with Crippen LogP contribution in [0.25, 0.3) is 0 Å². The van der Waals surface area contributed by atoms with Gasteiger partial charge in [-0.15, -0.1) is 0 Å². The number of alkyl halides is 3. The minimum absolute atomic E-state index is 0.0605. The fraction of sp³-hybridized carbons (Fsp3) is 0.240. The van der Waals surface area contributed by atoms with Crippen molar-refractivity contribution < 1.29 is 27.2 Å². The maximum absolute atomic E-state index is 14.6. The summed E-state index contributed by atoms with van der Waals surface area (Å²) in [6.45, 7) is 0.164. The first-order valence-corrected chi connectivity index (χ1v) is 11.3. The van der Waals surface area contributed by atoms with Crippen molar-refractivity contribution in [3.05, 3.63) is 100 Å². The van der Waals surface area contributed by atoms with Crippen LogP contribution in [-0.4, -0.2) is 41.5 Å². The van der Waals surface area contributed by atoms with E-state index in [1.54, 1.807) is 30.3 Å². The van der Waals surface area contributed by atoms with Gasteiger partial charge in [0.1, 0.15) is 17.9 Å². The van der Waals surface area contributed by atoms with E-state index in [1.807, 2.05) is 0 Å². The molecule has 1 saturated heterocycles. The Labute approximate surface area is 209 Å². The van der Waals surface area contributed by atoms with E-state index in [1.165, 1.54) is 23.2 Å². The lowest BCUT2D eigenvalue weighted by molar-refractivity contribution is -0.137. The number of carbonyl (C=O) groups excluding carboxylic acids is 2. The largest absolute Gasteiger partial charge is 0.416 e. The third kappa shape index (κ3) is 5.59. The quantitative estimate of drug-likeness (QED) is 0.486. The molecule has 0 aliphatic carbocycles. The number of piperazine rings is 1. The molecule has 11 heteroatoms. The molecule has 1 aliphatic rings. The number of amides is 3. The number of benzene rings is 2. The molecule has 2 heterocycles. The van der Waals surface area contributed by atoms with Crippen molar-refractivity contribution in [3.8, 4) is 0 Å². The summed E-state index contributed by atoms with van der Waals surface area (Å²) in [6, 6.07) is 13.1. The summed E-state index contributed by atoms with van der Waals surface area (Å²) < 4.78 is 55.7. The van der Waals surface area contributed by atoms with Gasteiger partial charge >= 0.3 is 12.2 Å². The van der Waals surface area contributed by atoms with Gasteiger partial charge in [-0.3, -0.25) is 9.78 Å². The van der Waals surface area contributed by atoms with Crippen LogP contribution in [-0.2, 0) is 22.9 Å². The van der Waals surface area contributed by atoms with Crippen LogP contribution in [0.4, 0.5) is 22.4 Å². The first-order valence-electron chi connectivity index (χ1n) is 10.9. The molecule has 1 atom stereocenters. The third-order valence-electron chi connectivity index (χ3n) is 5.84. The fourth-order valence-corrected chi connectivity index (χ4v) is 4.24. The summed E-state index contributed by atoms with van der Waals surface area (Å²) in [5, 5.41) is 5.67. The highest BCUT2D eigenvalue weighted by Crippen LogP contribution is 2.38. The molecule has 4 rings (SSSR count). The predicted octanol–water partition coefficient (Wildman–Crippen LogP) is 4.52. The van der Waals surface area contributed by atoms with Gasteiger partial charge < -0.3 is 15.5 Å². The lowest BCUT2D eigenvalue weighted by Gasteiger charge is -2.38. The van der Waals surface area contributed by atoms with Gasteiger partial charge in [0.2, 0.25) is 5.91 Å². The molecule has 36 heavy (non-hydrogen) atoms. The molecule has 6 nitrogen and oxygen atoms in total. The first-order chi connectivity index (χ1) is 17.1. The Morgan fingerprint density at radius 2 is 1.81 bits per heavy atom. The SMILES string of the molecule is O=C1CN(C(=O)N[C@@](Cc2ccccc2)(c2cc(F)cc(C(F)(F)F)c2)c2ccc(Cl)cn2)CCN1. The monoisotopic (exact) mass is 520 g/mol. The van der Waals surface area contributed by atoms with Crippen LogP contribution in [0.3, 0.4) is 0 Å². The van der Waals surface area contributed by atoms with Crippen molar-refractivity contribution in [3.63, 3.8) is 0 Å². The smallest absolute Gasteiger partial charge is 0.353 e. The van der Waals surface area contributed by atoms with Gasteiger partial charge in [0, 0.05) is 25.7 Å². The topological polar surface area (TPSA) is 74.3 Å². The number of nitrogens with zero attached hydrogens (tertiary/aromatic N) is 2. The average Bonchev–Trinajstić information content (AvgIpc) is 2.83. The van der Waals surface area contributed by atoms with Crippen LogP contribution in [0.1, 0.15) is 22.4 Å². The summed E-state index contributed by atoms with van der Waals surface area (Å²) in [5.74, 6) is -1.50. The number of nitrogens with one attached hydrogen (secondary N) is 2. The summed E-state index contributed by atoms with van der Waals surface area (Å²) in [5.41, 5.74) is -2.33. The average molecular weight is 521 g/mol. The Morgan fingerprint density at radius 3 is 2.44 bits per heavy atom. The van der Waals surface area contributed by atoms with Crippen molar-refractivity contribution >= 4 is 23.5 Å². The Bertz CT molecular complexity index is 1260. The van der Waals surface area contributed by atoms with Crippen molar-refractivity contribution in [1.29, 1.82) is 0 Å². The number of pyridine rings is 1. The minimum Gasteiger partial charge on any atom is -0.353 e. The number of hydrogen-bond donors (Lipinski definition) is 2. The molecule has 2 N–H and O–H groups in total. The van der Waals surface area contributed by atoms with Crippen LogP contribution in [0, 0.1) is 5.82 Å². The van der Waals surface area contributed by atoms with Crippen LogP contribution in [0.5, 0.6) is 0 Å². The number of hydrogen-bond acceptors (Lipinski definition) is 3. The van der Waals surface area contributed by atoms with Gasteiger partial charge in [-0.2, -0.15) is 13.2 Å². The Hall–Kier alpha value is -3.66. The fourth-order valence-electron chi connectivity index (χ4n) is 4.12. The van der Waals surface area contributed by atoms with E-state index in [-0.39, 0.29) is 48.2 Å². The summed E-state index contributed by atoms with van der Waals surface area (Å²) in [7, 11) is 0. The number of carbonyl (C=O) groups is 2. The summed E-state index contributed by atoms with van der Waals surface area (Å²) in [6.07, 6.45) is -3.60. The van der Waals surface area contributed by atoms with Crippen molar-refractivity contribution in [1.82, 2.24) is 20.5 Å². The molecule has 0 bridgehead atoms. The highest BCUT2D eigenvalue weighted by Gasteiger charge is 2.42. The second-order valence-corrected chi connectivity index (χ2v) is 8.79. The molecule has 0 spiro atoms. The van der Waals surface area contributed by atoms with Gasteiger partial charge in [0.05, 0.1) is 16.3 Å². The third-order valence-corrected chi connectivity index (χ3v) is 6.06. The second-order valence-electron chi connectivity index (χ2n) is 8.36. The van der Waals surface area contributed by atoms with E-state index in [4.69, 9.17) is 11.6 Å². The van der Waals surface area contributed by atoms with E-state index in [0.29, 0.717) is 11.6 Å². The van der Waals surface area contributed by atoms with Crippen LogP contribution in [0.2, 0.25) is 5.02 Å². The Balaban J connectivity index is 1.92. The summed E-state index contributed by atoms with van der Waals surface area (Å²) in [4.78, 5) is 30.8. The highest BCUT2D eigenvalue weighted by atomic mass is 35.5. The zero-order valence-corrected chi connectivity index (χ0v) is 19.5. The van der Waals surface area contributed by atoms with Crippen LogP contribution < -0.4 is 10.6 Å². The molecular weight excluding hydrogens is 500 g/mol. The van der Waals surface area contributed by atoms with E-state index in [9.17, 15) is 27.2 Å². The van der Waals surface area contributed by atoms with Gasteiger partial charge in [0.25, 0.3) is 0 Å². The van der Waals surface area contributed by atoms with Crippen molar-refractivity contribution in [2.75, 3.05) is 19.6 Å². The van der Waals surface area contributed by atoms with Gasteiger partial charge in [-0.05, 0) is 41.5 Å². The van der Waals surface area contributed by atoms with E-state index >= 15 is 0 Å². The van der Waals surface area contributed by atoms with Crippen LogP contribution >= 0.6 is 11.6 Å². The normalized spacial score (nSPS) is 15.7. The number of urea groups is 1. The standard InChI is InChI=1S/C25H21ClF4N4O2/c26-19-6-7-21(32-14-19)24(13-16-4-2-1-3-5-16,33-23(36)34-9-8-31-22(35)15-34)17-10-18(25(28,29)30)12-20(27)11-17/h1-7,10-12,14H,8-9,13,15H2,(H,31,35)(H,33,36)/t24-/m0/s1. The second kappa shape index (κ2) is 10.1. The van der Waals surface area contributed by atoms with E-state index in [2.05, 4.69) is 15.6 Å². The van der Waals surface area contributed by atoms with E-state index < -0.39 is 29.1 Å². The molecule has 0 unspecified atom stereocenters. The number of rotatable bonds is 5. The highest BCUT2D eigenvalue weighted by molar-refractivity contribution is 6.30. The molecule has 3 amide bonds. The molecule has 0 radical (unpaired) electrons. The lowest BCUT2D eigenvalue weighted by Crippen LogP contribution is -2.58. The Morgan fingerprint density at radius 1 is 1.08 bits per heavy atom. The first kappa shape index (κ1) is 25.4. The zero-order chi connectivity index (χ0) is 25.9. The van der Waals surface area contributed by atoms with Crippen LogP contribution in [0.15, 0.2) is 66.9 Å². The number of aromatic nitrogens is 1. The Kier molecular flexibility index (Phi) is 7.16. The van der Waals surface area contributed by atoms with Gasteiger partial charge in [-0.25, -0.2) is 9.18 Å². The maximum Gasteiger partial charge on any atom is 0.416 e. The maximum atomic E-state index is 14.6. The predicted molar refractivity (Wildman–Crippen MR) is 125 cm³/mol. The van der Waals surface area contributed by atoms with Gasteiger partial charge in [0.15, 0.2) is 0 Å². The number of halogens is 5. The molecule has 1 aromatic heterocycles. The summed E-state index contributed by atoms with van der Waals surface area (Å²) >= 11 is 6.01. The van der Waals surface area contributed by atoms with Crippen molar-refractivity contribution in [2.45, 2.75) is 18.1 Å². The molecule has 2 aromatic carbocycles. The van der Waals surface area contributed by atoms with Gasteiger partial charge in [-0.1, -0.05) is 41.9 Å². The molecule has 1 fully saturated rings. The minimum atomic E-state index is -4.84. The molecular formula is C25H21ClF4N4O2. The molecule has 0 saturated carbocycles.